The van der Waals surface area contributed by atoms with Gasteiger partial charge in [0.05, 0.1) is 6.33 Å². The maximum Gasteiger partial charge on any atom is 0.183 e. The number of aryl methyl sites for hydroxylation is 1. The van der Waals surface area contributed by atoms with Gasteiger partial charge in [0.1, 0.15) is 11.3 Å². The second kappa shape index (κ2) is 7.93. The molecule has 0 aromatic carbocycles. The van der Waals surface area contributed by atoms with Gasteiger partial charge < -0.3 is 9.88 Å². The summed E-state index contributed by atoms with van der Waals surface area (Å²) in [4.78, 5) is 22.5. The number of fused-ring (bicyclic) bond motifs is 1. The second-order valence-electron chi connectivity index (χ2n) is 6.52. The van der Waals surface area contributed by atoms with Crippen LogP contribution in [0.15, 0.2) is 36.0 Å². The summed E-state index contributed by atoms with van der Waals surface area (Å²) in [5, 5.41) is 11.2. The zero-order valence-corrected chi connectivity index (χ0v) is 16.7. The lowest BCUT2D eigenvalue weighted by atomic mass is 10.2. The summed E-state index contributed by atoms with van der Waals surface area (Å²) >= 11 is 1.61. The predicted octanol–water partition coefficient (Wildman–Crippen LogP) is 3.10. The van der Waals surface area contributed by atoms with E-state index in [2.05, 4.69) is 44.3 Å². The maximum absolute atomic E-state index is 4.75. The van der Waals surface area contributed by atoms with Crippen molar-refractivity contribution in [1.29, 1.82) is 0 Å². The molecule has 4 rings (SSSR count). The highest BCUT2D eigenvalue weighted by Crippen LogP contribution is 2.25. The molecule has 0 aliphatic rings. The number of hydrogen-bond acceptors (Lipinski definition) is 8. The summed E-state index contributed by atoms with van der Waals surface area (Å²) in [7, 11) is 0. The first kappa shape index (κ1) is 18.4. The summed E-state index contributed by atoms with van der Waals surface area (Å²) in [6, 6.07) is 4.08. The van der Waals surface area contributed by atoms with E-state index in [4.69, 9.17) is 9.97 Å². The molecular formula is C18H21N9S. The van der Waals surface area contributed by atoms with Gasteiger partial charge in [-0.25, -0.2) is 19.9 Å². The number of rotatable bonds is 7. The molecule has 0 atom stereocenters. The number of nitrogens with zero attached hydrogens (tertiary/aromatic N) is 7. The fourth-order valence-corrected chi connectivity index (χ4v) is 3.45. The van der Waals surface area contributed by atoms with Crippen molar-refractivity contribution < 1.29 is 0 Å². The van der Waals surface area contributed by atoms with Gasteiger partial charge in [-0.15, -0.1) is 0 Å². The minimum atomic E-state index is 0.250. The average Bonchev–Trinajstić information content (AvgIpc) is 3.32. The van der Waals surface area contributed by atoms with Gasteiger partial charge in [0.25, 0.3) is 0 Å². The Morgan fingerprint density at radius 2 is 2.14 bits per heavy atom. The van der Waals surface area contributed by atoms with E-state index in [9.17, 15) is 0 Å². The van der Waals surface area contributed by atoms with E-state index < -0.39 is 0 Å². The highest BCUT2D eigenvalue weighted by atomic mass is 32.2. The van der Waals surface area contributed by atoms with Crippen LogP contribution < -0.4 is 5.32 Å². The standard InChI is InChI=1S/C18H21N9S/c1-11(2)27-10-21-14-16(20-7-8-28-18-22-12(3)25-26-18)23-15(24-17(14)27)13-5-4-6-19-9-13/h4-6,9-11H,7-8H2,1-3H3,(H,20,23,24)(H,22,25,26). The Hall–Kier alpha value is -3.01. The Kier molecular flexibility index (Phi) is 5.20. The molecule has 10 heteroatoms. The molecule has 0 amide bonds. The van der Waals surface area contributed by atoms with Crippen LogP contribution in [0, 0.1) is 6.92 Å². The lowest BCUT2D eigenvalue weighted by Gasteiger charge is -2.11. The van der Waals surface area contributed by atoms with Crippen LogP contribution >= 0.6 is 11.8 Å². The molecule has 9 nitrogen and oxygen atoms in total. The minimum absolute atomic E-state index is 0.250. The number of H-pyrrole nitrogens is 1. The summed E-state index contributed by atoms with van der Waals surface area (Å²) in [6.07, 6.45) is 5.32. The lowest BCUT2D eigenvalue weighted by Crippen LogP contribution is -2.09. The van der Waals surface area contributed by atoms with Crippen LogP contribution in [0.1, 0.15) is 25.7 Å². The van der Waals surface area contributed by atoms with E-state index in [1.807, 2.05) is 30.0 Å². The third kappa shape index (κ3) is 3.81. The molecule has 0 spiro atoms. The molecule has 0 radical (unpaired) electrons. The molecule has 4 heterocycles. The number of pyridine rings is 1. The lowest BCUT2D eigenvalue weighted by molar-refractivity contribution is 0.613. The first-order chi connectivity index (χ1) is 13.6. The van der Waals surface area contributed by atoms with Gasteiger partial charge in [-0.05, 0) is 32.9 Å². The summed E-state index contributed by atoms with van der Waals surface area (Å²) < 4.78 is 2.05. The van der Waals surface area contributed by atoms with E-state index in [0.29, 0.717) is 12.4 Å². The molecule has 0 saturated heterocycles. The summed E-state index contributed by atoms with van der Waals surface area (Å²) in [5.74, 6) is 2.91. The number of anilines is 1. The van der Waals surface area contributed by atoms with Gasteiger partial charge in [-0.1, -0.05) is 11.8 Å². The monoisotopic (exact) mass is 395 g/mol. The zero-order valence-electron chi connectivity index (χ0n) is 15.9. The van der Waals surface area contributed by atoms with Crippen molar-refractivity contribution in [2.45, 2.75) is 32.0 Å². The fraction of sp³-hybridized carbons (Fsp3) is 0.333. The Bertz CT molecular complexity index is 1070. The van der Waals surface area contributed by atoms with E-state index in [1.165, 1.54) is 0 Å². The van der Waals surface area contributed by atoms with Crippen LogP contribution in [0.3, 0.4) is 0 Å². The van der Waals surface area contributed by atoms with Gasteiger partial charge in [0, 0.05) is 36.3 Å². The predicted molar refractivity (Wildman–Crippen MR) is 109 cm³/mol. The third-order valence-electron chi connectivity index (χ3n) is 4.11. The molecule has 0 fully saturated rings. The fourth-order valence-electron chi connectivity index (χ4n) is 2.75. The van der Waals surface area contributed by atoms with E-state index in [1.54, 1.807) is 24.2 Å². The highest BCUT2D eigenvalue weighted by molar-refractivity contribution is 7.99. The Balaban J connectivity index is 1.60. The average molecular weight is 395 g/mol. The maximum atomic E-state index is 4.75. The van der Waals surface area contributed by atoms with Gasteiger partial charge in [-0.3, -0.25) is 10.1 Å². The molecule has 0 aliphatic heterocycles. The second-order valence-corrected chi connectivity index (χ2v) is 7.60. The molecule has 144 valence electrons. The molecule has 0 unspecified atom stereocenters. The van der Waals surface area contributed by atoms with Crippen molar-refractivity contribution in [1.82, 2.24) is 39.7 Å². The molecule has 0 aliphatic carbocycles. The number of thioether (sulfide) groups is 1. The van der Waals surface area contributed by atoms with Crippen LogP contribution in [0.2, 0.25) is 0 Å². The highest BCUT2D eigenvalue weighted by Gasteiger charge is 2.15. The van der Waals surface area contributed by atoms with Crippen molar-refractivity contribution in [3.8, 4) is 11.4 Å². The SMILES string of the molecule is Cc1n[nH]c(SCCNc2nc(-c3cccnc3)nc3c2ncn3C(C)C)n1. The van der Waals surface area contributed by atoms with Crippen LogP contribution in [0.4, 0.5) is 5.82 Å². The van der Waals surface area contributed by atoms with Crippen LogP contribution in [-0.4, -0.2) is 52.0 Å². The third-order valence-corrected chi connectivity index (χ3v) is 4.97. The number of aromatic nitrogens is 8. The first-order valence-electron chi connectivity index (χ1n) is 9.02. The topological polar surface area (TPSA) is 110 Å². The summed E-state index contributed by atoms with van der Waals surface area (Å²) in [5.41, 5.74) is 2.45. The van der Waals surface area contributed by atoms with Gasteiger partial charge in [0.2, 0.25) is 0 Å². The Labute approximate surface area is 166 Å². The normalized spacial score (nSPS) is 11.4. The zero-order chi connectivity index (χ0) is 19.5. The number of hydrogen-bond donors (Lipinski definition) is 2. The first-order valence-corrected chi connectivity index (χ1v) is 10.0. The molecule has 0 saturated carbocycles. The van der Waals surface area contributed by atoms with E-state index >= 15 is 0 Å². The van der Waals surface area contributed by atoms with Crippen LogP contribution in [-0.2, 0) is 0 Å². The number of nitrogens with one attached hydrogen (secondary N) is 2. The van der Waals surface area contributed by atoms with Gasteiger partial charge in [0.15, 0.2) is 22.4 Å². The Morgan fingerprint density at radius 3 is 2.86 bits per heavy atom. The van der Waals surface area contributed by atoms with Crippen molar-refractivity contribution in [3.63, 3.8) is 0 Å². The van der Waals surface area contributed by atoms with Gasteiger partial charge in [-0.2, -0.15) is 5.10 Å². The molecular weight excluding hydrogens is 374 g/mol. The van der Waals surface area contributed by atoms with Crippen LogP contribution in [0.5, 0.6) is 0 Å². The molecule has 28 heavy (non-hydrogen) atoms. The largest absolute Gasteiger partial charge is 0.367 e. The molecule has 2 N–H and O–H groups in total. The van der Waals surface area contributed by atoms with Gasteiger partial charge >= 0.3 is 0 Å². The van der Waals surface area contributed by atoms with E-state index in [0.717, 1.165) is 39.3 Å². The number of aromatic amines is 1. The van der Waals surface area contributed by atoms with Crippen molar-refractivity contribution in [3.05, 3.63) is 36.7 Å². The smallest absolute Gasteiger partial charge is 0.183 e. The van der Waals surface area contributed by atoms with Crippen LogP contribution in [0.25, 0.3) is 22.6 Å². The number of imidazole rings is 1. The van der Waals surface area contributed by atoms with Crippen molar-refractivity contribution in [2.75, 3.05) is 17.6 Å². The minimum Gasteiger partial charge on any atom is -0.367 e. The molecule has 4 aromatic heterocycles. The van der Waals surface area contributed by atoms with E-state index in [-0.39, 0.29) is 6.04 Å². The molecule has 4 aromatic rings. The molecule has 0 bridgehead atoms. The Morgan fingerprint density at radius 1 is 1.25 bits per heavy atom. The quantitative estimate of drug-likeness (QED) is 0.363. The van der Waals surface area contributed by atoms with Crippen molar-refractivity contribution in [2.24, 2.45) is 0 Å². The summed E-state index contributed by atoms with van der Waals surface area (Å²) in [6.45, 7) is 6.78. The van der Waals surface area contributed by atoms with Crippen molar-refractivity contribution >= 4 is 28.7 Å².